The zero-order valence-electron chi connectivity index (χ0n) is 16.0. The van der Waals surface area contributed by atoms with Gasteiger partial charge in [-0.15, -0.1) is 0 Å². The highest BCUT2D eigenvalue weighted by atomic mass is 16.6. The van der Waals surface area contributed by atoms with Crippen LogP contribution in [0, 0.1) is 10.1 Å². The number of nitro groups is 1. The molecule has 1 amide bonds. The standard InChI is InChI=1S/C21H18N2O7/c1-28-19-11-16(23(26)27)7-9-18(19)22-20(24)12-30-21(25)13-29-17-8-6-14-4-2-3-5-15(14)10-17/h2-11H,12-13H2,1H3,(H,22,24). The number of non-ortho nitro benzene ring substituents is 1. The van der Waals surface area contributed by atoms with Gasteiger partial charge in [-0.3, -0.25) is 14.9 Å². The summed E-state index contributed by atoms with van der Waals surface area (Å²) in [6, 6.07) is 16.9. The Bertz CT molecular complexity index is 1100. The minimum atomic E-state index is -0.714. The van der Waals surface area contributed by atoms with Crippen LogP contribution in [0.5, 0.6) is 11.5 Å². The number of benzene rings is 3. The fraction of sp³-hybridized carbons (Fsp3) is 0.143. The smallest absolute Gasteiger partial charge is 0.344 e. The average Bonchev–Trinajstić information content (AvgIpc) is 2.76. The number of ether oxygens (including phenoxy) is 3. The normalized spacial score (nSPS) is 10.3. The molecule has 0 aliphatic carbocycles. The summed E-state index contributed by atoms with van der Waals surface area (Å²) < 4.78 is 15.3. The zero-order chi connectivity index (χ0) is 21.5. The fourth-order valence-electron chi connectivity index (χ4n) is 2.67. The second-order valence-electron chi connectivity index (χ2n) is 6.15. The molecule has 0 aromatic heterocycles. The van der Waals surface area contributed by atoms with Crippen molar-refractivity contribution >= 4 is 34.0 Å². The number of esters is 1. The quantitative estimate of drug-likeness (QED) is 0.344. The van der Waals surface area contributed by atoms with E-state index in [0.717, 1.165) is 10.8 Å². The van der Waals surface area contributed by atoms with E-state index in [1.807, 2.05) is 30.3 Å². The van der Waals surface area contributed by atoms with Crippen molar-refractivity contribution in [3.8, 4) is 11.5 Å². The molecule has 30 heavy (non-hydrogen) atoms. The SMILES string of the molecule is COc1cc([N+](=O)[O-])ccc1NC(=O)COC(=O)COc1ccc2ccccc2c1. The maximum Gasteiger partial charge on any atom is 0.344 e. The number of methoxy groups -OCH3 is 1. The van der Waals surface area contributed by atoms with Gasteiger partial charge in [-0.2, -0.15) is 0 Å². The van der Waals surface area contributed by atoms with Gasteiger partial charge < -0.3 is 19.5 Å². The number of anilines is 1. The molecule has 0 radical (unpaired) electrons. The Morgan fingerprint density at radius 3 is 2.50 bits per heavy atom. The van der Waals surface area contributed by atoms with Crippen molar-refractivity contribution in [1.29, 1.82) is 0 Å². The molecule has 0 unspecified atom stereocenters. The molecule has 154 valence electrons. The van der Waals surface area contributed by atoms with E-state index >= 15 is 0 Å². The molecule has 9 heteroatoms. The molecule has 0 aliphatic heterocycles. The van der Waals surface area contributed by atoms with E-state index in [1.54, 1.807) is 12.1 Å². The van der Waals surface area contributed by atoms with Crippen LogP contribution < -0.4 is 14.8 Å². The van der Waals surface area contributed by atoms with Gasteiger partial charge in [0.1, 0.15) is 11.5 Å². The first kappa shape index (κ1) is 20.6. The Labute approximate surface area is 171 Å². The number of hydrogen-bond donors (Lipinski definition) is 1. The maximum absolute atomic E-state index is 12.0. The third kappa shape index (κ3) is 5.22. The minimum absolute atomic E-state index is 0.114. The molecule has 3 aromatic carbocycles. The van der Waals surface area contributed by atoms with Crippen molar-refractivity contribution in [2.75, 3.05) is 25.6 Å². The number of carbonyl (C=O) groups is 2. The highest BCUT2D eigenvalue weighted by Crippen LogP contribution is 2.28. The Morgan fingerprint density at radius 2 is 1.77 bits per heavy atom. The minimum Gasteiger partial charge on any atom is -0.494 e. The number of rotatable bonds is 8. The Balaban J connectivity index is 1.49. The monoisotopic (exact) mass is 410 g/mol. The van der Waals surface area contributed by atoms with E-state index < -0.39 is 23.4 Å². The molecular weight excluding hydrogens is 392 g/mol. The molecule has 9 nitrogen and oxygen atoms in total. The van der Waals surface area contributed by atoms with Gasteiger partial charge >= 0.3 is 5.97 Å². The van der Waals surface area contributed by atoms with Gasteiger partial charge in [0.25, 0.3) is 11.6 Å². The predicted octanol–water partition coefficient (Wildman–Crippen LogP) is 3.32. The van der Waals surface area contributed by atoms with Gasteiger partial charge in [-0.05, 0) is 29.0 Å². The van der Waals surface area contributed by atoms with Crippen molar-refractivity contribution in [2.24, 2.45) is 0 Å². The summed E-state index contributed by atoms with van der Waals surface area (Å²) in [6.07, 6.45) is 0. The lowest BCUT2D eigenvalue weighted by atomic mass is 10.1. The van der Waals surface area contributed by atoms with E-state index in [2.05, 4.69) is 5.32 Å². The van der Waals surface area contributed by atoms with Crippen LogP contribution in [0.1, 0.15) is 0 Å². The summed E-state index contributed by atoms with van der Waals surface area (Å²) >= 11 is 0. The van der Waals surface area contributed by atoms with Crippen molar-refractivity contribution in [3.63, 3.8) is 0 Å². The first-order valence-corrected chi connectivity index (χ1v) is 8.86. The van der Waals surface area contributed by atoms with Gasteiger partial charge in [0.2, 0.25) is 0 Å². The van der Waals surface area contributed by atoms with E-state index in [1.165, 1.54) is 25.3 Å². The largest absolute Gasteiger partial charge is 0.494 e. The Hall–Kier alpha value is -4.14. The summed E-state index contributed by atoms with van der Waals surface area (Å²) in [5, 5.41) is 15.3. The predicted molar refractivity (Wildman–Crippen MR) is 109 cm³/mol. The van der Waals surface area contributed by atoms with Crippen LogP contribution in [0.15, 0.2) is 60.7 Å². The molecule has 0 saturated carbocycles. The van der Waals surface area contributed by atoms with Gasteiger partial charge in [-0.25, -0.2) is 4.79 Å². The third-order valence-electron chi connectivity index (χ3n) is 4.11. The van der Waals surface area contributed by atoms with E-state index in [9.17, 15) is 19.7 Å². The van der Waals surface area contributed by atoms with Crippen LogP contribution in [-0.2, 0) is 14.3 Å². The Morgan fingerprint density at radius 1 is 1.00 bits per heavy atom. The molecule has 0 saturated heterocycles. The summed E-state index contributed by atoms with van der Waals surface area (Å²) in [5.41, 5.74) is 0.0404. The lowest BCUT2D eigenvalue weighted by molar-refractivity contribution is -0.384. The van der Waals surface area contributed by atoms with Crippen molar-refractivity contribution in [1.82, 2.24) is 0 Å². The topological polar surface area (TPSA) is 117 Å². The number of nitrogens with zero attached hydrogens (tertiary/aromatic N) is 1. The number of nitrogens with one attached hydrogen (secondary N) is 1. The number of nitro benzene ring substituents is 1. The zero-order valence-corrected chi connectivity index (χ0v) is 16.0. The molecule has 0 fully saturated rings. The first-order chi connectivity index (χ1) is 14.5. The summed E-state index contributed by atoms with van der Waals surface area (Å²) in [7, 11) is 1.32. The summed E-state index contributed by atoms with van der Waals surface area (Å²) in [6.45, 7) is -0.896. The Kier molecular flexibility index (Phi) is 6.43. The molecule has 0 bridgehead atoms. The van der Waals surface area contributed by atoms with E-state index in [0.29, 0.717) is 5.75 Å². The summed E-state index contributed by atoms with van der Waals surface area (Å²) in [4.78, 5) is 34.1. The van der Waals surface area contributed by atoms with E-state index in [4.69, 9.17) is 14.2 Å². The van der Waals surface area contributed by atoms with Crippen LogP contribution >= 0.6 is 0 Å². The van der Waals surface area contributed by atoms with Crippen LogP contribution in [-0.4, -0.2) is 37.1 Å². The number of fused-ring (bicyclic) bond motifs is 1. The molecule has 3 aromatic rings. The van der Waals surface area contributed by atoms with Gasteiger partial charge in [0, 0.05) is 6.07 Å². The number of amides is 1. The fourth-order valence-corrected chi connectivity index (χ4v) is 2.67. The molecule has 0 spiro atoms. The maximum atomic E-state index is 12.0. The highest BCUT2D eigenvalue weighted by Gasteiger charge is 2.15. The van der Waals surface area contributed by atoms with Gasteiger partial charge in [0.15, 0.2) is 13.2 Å². The van der Waals surface area contributed by atoms with Crippen LogP contribution in [0.2, 0.25) is 0 Å². The second kappa shape index (κ2) is 9.37. The van der Waals surface area contributed by atoms with Crippen LogP contribution in [0.3, 0.4) is 0 Å². The number of hydrogen-bond acceptors (Lipinski definition) is 7. The van der Waals surface area contributed by atoms with Crippen LogP contribution in [0.4, 0.5) is 11.4 Å². The molecule has 3 rings (SSSR count). The first-order valence-electron chi connectivity index (χ1n) is 8.86. The van der Waals surface area contributed by atoms with E-state index in [-0.39, 0.29) is 23.7 Å². The lowest BCUT2D eigenvalue weighted by Gasteiger charge is -2.11. The second-order valence-corrected chi connectivity index (χ2v) is 6.15. The molecule has 1 N–H and O–H groups in total. The van der Waals surface area contributed by atoms with Crippen molar-refractivity contribution in [3.05, 3.63) is 70.8 Å². The lowest BCUT2D eigenvalue weighted by Crippen LogP contribution is -2.23. The summed E-state index contributed by atoms with van der Waals surface area (Å²) in [5.74, 6) is -0.718. The van der Waals surface area contributed by atoms with Gasteiger partial charge in [0.05, 0.1) is 23.8 Å². The number of carbonyl (C=O) groups excluding carboxylic acids is 2. The van der Waals surface area contributed by atoms with Crippen LogP contribution in [0.25, 0.3) is 10.8 Å². The third-order valence-corrected chi connectivity index (χ3v) is 4.11. The molecule has 0 aliphatic rings. The average molecular weight is 410 g/mol. The van der Waals surface area contributed by atoms with Crippen molar-refractivity contribution in [2.45, 2.75) is 0 Å². The highest BCUT2D eigenvalue weighted by molar-refractivity contribution is 5.94. The molecular formula is C21H18N2O7. The van der Waals surface area contributed by atoms with Crippen molar-refractivity contribution < 1.29 is 28.7 Å². The molecule has 0 heterocycles. The van der Waals surface area contributed by atoms with Gasteiger partial charge in [-0.1, -0.05) is 30.3 Å². The molecule has 0 atom stereocenters.